The van der Waals surface area contributed by atoms with Gasteiger partial charge in [0, 0.05) is 19.5 Å². The Labute approximate surface area is 181 Å². The van der Waals surface area contributed by atoms with Crippen LogP contribution < -0.4 is 10.6 Å². The number of nitrogens with zero attached hydrogens (tertiary/aromatic N) is 1. The molecule has 166 valence electrons. The molecule has 0 saturated heterocycles. The molecule has 1 amide bonds. The Bertz CT molecular complexity index is 688. The molecular weight excluding hydrogens is 378 g/mol. The van der Waals surface area contributed by atoms with E-state index in [1.54, 1.807) is 0 Å². The summed E-state index contributed by atoms with van der Waals surface area (Å²) in [5.74, 6) is 0. The zero-order chi connectivity index (χ0) is 22.0. The lowest BCUT2D eigenvalue weighted by atomic mass is 9.81. The Morgan fingerprint density at radius 1 is 1.27 bits per heavy atom. The highest BCUT2D eigenvalue weighted by molar-refractivity contribution is 5.68. The van der Waals surface area contributed by atoms with Crippen molar-refractivity contribution in [3.8, 4) is 6.07 Å². The summed E-state index contributed by atoms with van der Waals surface area (Å²) >= 11 is 0. The number of amides is 1. The molecule has 0 aromatic heterocycles. The van der Waals surface area contributed by atoms with Gasteiger partial charge >= 0.3 is 6.09 Å². The number of hydrogen-bond donors (Lipinski definition) is 3. The molecule has 2 atom stereocenters. The van der Waals surface area contributed by atoms with Crippen LogP contribution >= 0.6 is 0 Å². The summed E-state index contributed by atoms with van der Waals surface area (Å²) in [7, 11) is 0. The van der Waals surface area contributed by atoms with Crippen molar-refractivity contribution in [2.75, 3.05) is 13.1 Å². The molecule has 3 N–H and O–H groups in total. The topological polar surface area (TPSA) is 94.4 Å². The third-order valence-electron chi connectivity index (χ3n) is 5.75. The van der Waals surface area contributed by atoms with Crippen LogP contribution in [-0.4, -0.2) is 42.0 Å². The van der Waals surface area contributed by atoms with Crippen LogP contribution in [0.25, 0.3) is 0 Å². The highest BCUT2D eigenvalue weighted by Gasteiger charge is 2.33. The third kappa shape index (κ3) is 8.33. The van der Waals surface area contributed by atoms with Gasteiger partial charge in [0.05, 0.1) is 18.2 Å². The summed E-state index contributed by atoms with van der Waals surface area (Å²) < 4.78 is 5.39. The summed E-state index contributed by atoms with van der Waals surface area (Å²) in [5, 5.41) is 26.1. The van der Waals surface area contributed by atoms with E-state index in [4.69, 9.17) is 10.00 Å². The van der Waals surface area contributed by atoms with Crippen LogP contribution in [0.1, 0.15) is 64.9 Å². The van der Waals surface area contributed by atoms with Crippen molar-refractivity contribution in [2.24, 2.45) is 5.41 Å². The molecule has 1 fully saturated rings. The van der Waals surface area contributed by atoms with Crippen LogP contribution in [0.15, 0.2) is 30.3 Å². The van der Waals surface area contributed by atoms with Crippen molar-refractivity contribution in [1.82, 2.24) is 10.6 Å². The normalized spacial score (nSPS) is 17.7. The van der Waals surface area contributed by atoms with Crippen molar-refractivity contribution in [3.05, 3.63) is 35.9 Å². The summed E-state index contributed by atoms with van der Waals surface area (Å²) in [6.45, 7) is 6.62. The lowest BCUT2D eigenvalue weighted by Gasteiger charge is -2.31. The van der Waals surface area contributed by atoms with Crippen molar-refractivity contribution >= 4 is 6.09 Å². The second-order valence-electron chi connectivity index (χ2n) is 9.51. The van der Waals surface area contributed by atoms with E-state index < -0.39 is 23.8 Å². The first kappa shape index (κ1) is 24.2. The molecule has 0 radical (unpaired) electrons. The maximum absolute atomic E-state index is 12.3. The van der Waals surface area contributed by atoms with Gasteiger partial charge in [-0.15, -0.1) is 0 Å². The molecule has 1 aliphatic rings. The fourth-order valence-corrected chi connectivity index (χ4v) is 4.20. The number of hydrogen-bond acceptors (Lipinski definition) is 5. The number of nitrogens with one attached hydrogen (secondary N) is 2. The molecule has 1 unspecified atom stereocenters. The van der Waals surface area contributed by atoms with Gasteiger partial charge in [0.25, 0.3) is 0 Å². The molecule has 1 aromatic rings. The van der Waals surface area contributed by atoms with Crippen molar-refractivity contribution < 1.29 is 14.6 Å². The number of nitriles is 1. The third-order valence-corrected chi connectivity index (χ3v) is 5.75. The van der Waals surface area contributed by atoms with E-state index in [1.807, 2.05) is 51.1 Å². The van der Waals surface area contributed by atoms with E-state index in [0.717, 1.165) is 31.4 Å². The maximum Gasteiger partial charge on any atom is 0.407 e. The van der Waals surface area contributed by atoms with Crippen molar-refractivity contribution in [3.63, 3.8) is 0 Å². The molecule has 1 saturated carbocycles. The van der Waals surface area contributed by atoms with E-state index in [9.17, 15) is 9.90 Å². The SMILES string of the molecule is CC(C)(C)OC(=O)N[C@@H](Cc1ccccc1)C(O)CNCC1(CCC#N)CCCC1. The lowest BCUT2D eigenvalue weighted by molar-refractivity contribution is 0.0419. The molecule has 0 aliphatic heterocycles. The molecule has 0 bridgehead atoms. The van der Waals surface area contributed by atoms with Crippen LogP contribution in [0.3, 0.4) is 0 Å². The van der Waals surface area contributed by atoms with Gasteiger partial charge in [-0.3, -0.25) is 0 Å². The Morgan fingerprint density at radius 2 is 1.93 bits per heavy atom. The first-order valence-corrected chi connectivity index (χ1v) is 11.0. The van der Waals surface area contributed by atoms with Crippen LogP contribution in [-0.2, 0) is 11.2 Å². The van der Waals surface area contributed by atoms with Gasteiger partial charge in [-0.1, -0.05) is 43.2 Å². The number of aliphatic hydroxyl groups is 1. The molecule has 0 spiro atoms. The van der Waals surface area contributed by atoms with E-state index >= 15 is 0 Å². The average Bonchev–Trinajstić information content (AvgIpc) is 3.14. The van der Waals surface area contributed by atoms with Gasteiger partial charge in [0.2, 0.25) is 0 Å². The van der Waals surface area contributed by atoms with E-state index in [0.29, 0.717) is 19.4 Å². The Balaban J connectivity index is 1.96. The molecule has 1 aliphatic carbocycles. The number of aliphatic hydroxyl groups excluding tert-OH is 1. The molecule has 30 heavy (non-hydrogen) atoms. The highest BCUT2D eigenvalue weighted by atomic mass is 16.6. The minimum absolute atomic E-state index is 0.156. The van der Waals surface area contributed by atoms with Crippen LogP contribution in [0.5, 0.6) is 0 Å². The highest BCUT2D eigenvalue weighted by Crippen LogP contribution is 2.41. The zero-order valence-corrected chi connectivity index (χ0v) is 18.6. The minimum atomic E-state index is -0.757. The van der Waals surface area contributed by atoms with Gasteiger partial charge in [-0.05, 0) is 57.4 Å². The maximum atomic E-state index is 12.3. The standard InChI is InChI=1S/C24H37N3O3/c1-23(2,3)30-22(29)27-20(16-19-10-5-4-6-11-19)21(28)17-26-18-24(14-9-15-25)12-7-8-13-24/h4-6,10-11,20-21,26,28H,7-9,12-14,16-18H2,1-3H3,(H,27,29)/t20-,21?/m0/s1. The average molecular weight is 416 g/mol. The van der Waals surface area contributed by atoms with Crippen LogP contribution in [0.2, 0.25) is 0 Å². The predicted octanol–water partition coefficient (Wildman–Crippen LogP) is 3.94. The van der Waals surface area contributed by atoms with Gasteiger partial charge in [-0.25, -0.2) is 4.79 Å². The van der Waals surface area contributed by atoms with E-state index in [2.05, 4.69) is 16.7 Å². The number of carbonyl (C=O) groups excluding carboxylic acids is 1. The number of benzene rings is 1. The van der Waals surface area contributed by atoms with Gasteiger partial charge in [0.1, 0.15) is 5.60 Å². The van der Waals surface area contributed by atoms with Gasteiger partial charge in [0.15, 0.2) is 0 Å². The van der Waals surface area contributed by atoms with Crippen molar-refractivity contribution in [1.29, 1.82) is 5.26 Å². The van der Waals surface area contributed by atoms with Crippen LogP contribution in [0.4, 0.5) is 4.79 Å². The zero-order valence-electron chi connectivity index (χ0n) is 18.6. The minimum Gasteiger partial charge on any atom is -0.444 e. The Hall–Kier alpha value is -2.10. The first-order valence-electron chi connectivity index (χ1n) is 11.0. The monoisotopic (exact) mass is 415 g/mol. The second-order valence-corrected chi connectivity index (χ2v) is 9.51. The van der Waals surface area contributed by atoms with Gasteiger partial charge < -0.3 is 20.5 Å². The number of ether oxygens (including phenoxy) is 1. The largest absolute Gasteiger partial charge is 0.444 e. The Morgan fingerprint density at radius 3 is 2.53 bits per heavy atom. The molecule has 2 rings (SSSR count). The fourth-order valence-electron chi connectivity index (χ4n) is 4.20. The summed E-state index contributed by atoms with van der Waals surface area (Å²) in [6.07, 6.45) is 5.36. The number of rotatable bonds is 10. The molecular formula is C24H37N3O3. The second kappa shape index (κ2) is 11.3. The number of alkyl carbamates (subject to hydrolysis) is 1. The smallest absolute Gasteiger partial charge is 0.407 e. The van der Waals surface area contributed by atoms with E-state index in [-0.39, 0.29) is 5.41 Å². The molecule has 0 heterocycles. The fraction of sp³-hybridized carbons (Fsp3) is 0.667. The summed E-state index contributed by atoms with van der Waals surface area (Å²) in [6, 6.07) is 11.6. The first-order chi connectivity index (χ1) is 14.2. The number of carbonyl (C=O) groups is 1. The van der Waals surface area contributed by atoms with Gasteiger partial charge in [-0.2, -0.15) is 5.26 Å². The Kier molecular flexibility index (Phi) is 9.13. The summed E-state index contributed by atoms with van der Waals surface area (Å²) in [5.41, 5.74) is 0.599. The lowest BCUT2D eigenvalue weighted by Crippen LogP contribution is -2.50. The van der Waals surface area contributed by atoms with E-state index in [1.165, 1.54) is 12.8 Å². The van der Waals surface area contributed by atoms with Crippen molar-refractivity contribution in [2.45, 2.75) is 83.5 Å². The predicted molar refractivity (Wildman–Crippen MR) is 118 cm³/mol. The quantitative estimate of drug-likeness (QED) is 0.538. The molecule has 6 heteroatoms. The summed E-state index contributed by atoms with van der Waals surface area (Å²) in [4.78, 5) is 12.3. The molecule has 1 aromatic carbocycles. The molecule has 6 nitrogen and oxygen atoms in total. The van der Waals surface area contributed by atoms with Crippen LogP contribution in [0, 0.1) is 16.7 Å².